The molecule has 1 amide bonds. The Hall–Kier alpha value is -0.810. The zero-order chi connectivity index (χ0) is 22.7. The highest BCUT2D eigenvalue weighted by molar-refractivity contribution is 5.70. The average Bonchev–Trinajstić information content (AvgIpc) is 2.80. The van der Waals surface area contributed by atoms with Gasteiger partial charge in [-0.15, -0.1) is 0 Å². The highest BCUT2D eigenvalue weighted by Gasteiger charge is 2.51. The molecule has 2 rings (SSSR count). The van der Waals surface area contributed by atoms with E-state index in [-0.39, 0.29) is 29.3 Å². The van der Waals surface area contributed by atoms with Gasteiger partial charge in [-0.3, -0.25) is 4.90 Å². The van der Waals surface area contributed by atoms with Crippen molar-refractivity contribution in [2.75, 3.05) is 7.11 Å². The van der Waals surface area contributed by atoms with Gasteiger partial charge < -0.3 is 16.2 Å². The normalized spacial score (nSPS) is 22.5. The summed E-state index contributed by atoms with van der Waals surface area (Å²) in [4.78, 5) is 15.8. The molecule has 5 heteroatoms. The number of hydrogen-bond acceptors (Lipinski definition) is 4. The minimum absolute atomic E-state index is 0.0665. The Morgan fingerprint density at radius 1 is 0.806 bits per heavy atom. The summed E-state index contributed by atoms with van der Waals surface area (Å²) in [5, 5.41) is 0. The third-order valence-corrected chi connectivity index (χ3v) is 8.36. The van der Waals surface area contributed by atoms with Crippen LogP contribution in [0, 0.1) is 0 Å². The monoisotopic (exact) mass is 437 g/mol. The van der Waals surface area contributed by atoms with Gasteiger partial charge in [-0.2, -0.15) is 0 Å². The molecular formula is C26H51N3O2. The highest BCUT2D eigenvalue weighted by Crippen LogP contribution is 2.48. The van der Waals surface area contributed by atoms with Gasteiger partial charge in [0.15, 0.2) is 0 Å². The fraction of sp³-hybridized carbons (Fsp3) is 0.962. The van der Waals surface area contributed by atoms with E-state index < -0.39 is 0 Å². The molecule has 0 aromatic rings. The second-order valence-electron chi connectivity index (χ2n) is 10.5. The first-order chi connectivity index (χ1) is 14.9. The first-order valence-electron chi connectivity index (χ1n) is 13.3. The number of rotatable bonds is 12. The van der Waals surface area contributed by atoms with Crippen molar-refractivity contribution < 1.29 is 9.53 Å². The fourth-order valence-corrected chi connectivity index (χ4v) is 6.37. The molecule has 2 unspecified atom stereocenters. The summed E-state index contributed by atoms with van der Waals surface area (Å²) in [7, 11) is 1.57. The van der Waals surface area contributed by atoms with Gasteiger partial charge in [-0.25, -0.2) is 4.79 Å². The number of nitrogens with two attached hydrogens (primary N) is 2. The molecule has 4 N–H and O–H groups in total. The van der Waals surface area contributed by atoms with E-state index in [9.17, 15) is 4.79 Å². The molecule has 0 aromatic carbocycles. The van der Waals surface area contributed by atoms with Gasteiger partial charge in [0.2, 0.25) is 0 Å². The van der Waals surface area contributed by atoms with Crippen LogP contribution in [0.4, 0.5) is 4.79 Å². The molecule has 0 saturated heterocycles. The molecule has 2 aliphatic carbocycles. The minimum atomic E-state index is -0.0941. The number of carbonyl (C=O) groups excluding carboxylic acids is 1. The van der Waals surface area contributed by atoms with E-state index in [0.29, 0.717) is 0 Å². The molecule has 0 aliphatic heterocycles. The van der Waals surface area contributed by atoms with Crippen LogP contribution < -0.4 is 11.5 Å². The van der Waals surface area contributed by atoms with Crippen molar-refractivity contribution in [2.24, 2.45) is 11.5 Å². The third-order valence-electron chi connectivity index (χ3n) is 8.36. The van der Waals surface area contributed by atoms with Crippen LogP contribution in [0.1, 0.15) is 129 Å². The Morgan fingerprint density at radius 2 is 1.19 bits per heavy atom. The molecule has 2 aliphatic rings. The Morgan fingerprint density at radius 3 is 1.52 bits per heavy atom. The van der Waals surface area contributed by atoms with E-state index in [1.165, 1.54) is 38.5 Å². The number of methoxy groups -OCH3 is 1. The molecule has 0 bridgehead atoms. The van der Waals surface area contributed by atoms with Crippen molar-refractivity contribution in [2.45, 2.75) is 153 Å². The van der Waals surface area contributed by atoms with Crippen LogP contribution in [-0.2, 0) is 4.74 Å². The highest BCUT2D eigenvalue weighted by atomic mass is 16.5. The lowest BCUT2D eigenvalue weighted by molar-refractivity contribution is -0.0577. The summed E-state index contributed by atoms with van der Waals surface area (Å²) < 4.78 is 5.50. The Balaban J connectivity index is 2.32. The van der Waals surface area contributed by atoms with Gasteiger partial charge in [-0.05, 0) is 77.0 Å². The van der Waals surface area contributed by atoms with E-state index in [1.54, 1.807) is 7.11 Å². The number of hydrogen-bond donors (Lipinski definition) is 2. The zero-order valence-electron chi connectivity index (χ0n) is 20.8. The molecule has 5 nitrogen and oxygen atoms in total. The quantitative estimate of drug-likeness (QED) is 0.376. The molecule has 182 valence electrons. The van der Waals surface area contributed by atoms with Crippen LogP contribution in [0.15, 0.2) is 0 Å². The third kappa shape index (κ3) is 7.08. The maximum absolute atomic E-state index is 13.5. The van der Waals surface area contributed by atoms with Crippen LogP contribution in [0.25, 0.3) is 0 Å². The van der Waals surface area contributed by atoms with Crippen molar-refractivity contribution in [1.29, 1.82) is 0 Å². The van der Waals surface area contributed by atoms with E-state index in [1.807, 2.05) is 0 Å². The lowest BCUT2D eigenvalue weighted by atomic mass is 9.69. The van der Waals surface area contributed by atoms with Crippen molar-refractivity contribution in [3.8, 4) is 0 Å². The molecular weight excluding hydrogens is 386 g/mol. The van der Waals surface area contributed by atoms with Gasteiger partial charge in [0.25, 0.3) is 0 Å². The summed E-state index contributed by atoms with van der Waals surface area (Å²) in [5.41, 5.74) is 12.4. The number of nitrogens with zero attached hydrogens (tertiary/aromatic N) is 1. The van der Waals surface area contributed by atoms with Crippen molar-refractivity contribution in [3.05, 3.63) is 0 Å². The summed E-state index contributed by atoms with van der Waals surface area (Å²) in [6.45, 7) is 4.33. The van der Waals surface area contributed by atoms with Gasteiger partial charge in [0.1, 0.15) is 0 Å². The average molecular weight is 438 g/mol. The smallest absolute Gasteiger partial charge is 0.410 e. The molecule has 2 atom stereocenters. The predicted octanol–water partition coefficient (Wildman–Crippen LogP) is 6.28. The predicted molar refractivity (Wildman–Crippen MR) is 130 cm³/mol. The number of amides is 1. The Labute approximate surface area is 192 Å². The van der Waals surface area contributed by atoms with Crippen molar-refractivity contribution in [1.82, 2.24) is 4.90 Å². The van der Waals surface area contributed by atoms with Crippen LogP contribution in [0.5, 0.6) is 0 Å². The van der Waals surface area contributed by atoms with E-state index in [4.69, 9.17) is 16.2 Å². The Bertz CT molecular complexity index is 475. The molecule has 0 radical (unpaired) electrons. The molecule has 2 saturated carbocycles. The Kier molecular flexibility index (Phi) is 11.1. The molecule has 0 aromatic heterocycles. The standard InChI is InChI=1S/C26H51N3O2/c1-4-22(27)14-12-20-25(16-8-6-9-17-25)29(24(30)31-3)26(18-10-7-11-19-26)21-13-15-23(28)5-2/h22-23H,4-21,27-28H2,1-3H3. The topological polar surface area (TPSA) is 81.6 Å². The molecule has 0 spiro atoms. The summed E-state index contributed by atoms with van der Waals surface area (Å²) >= 11 is 0. The maximum atomic E-state index is 13.5. The number of ether oxygens (including phenoxy) is 1. The number of carbonyl (C=O) groups is 1. The maximum Gasteiger partial charge on any atom is 0.410 e. The second kappa shape index (κ2) is 13.0. The first kappa shape index (κ1) is 26.4. The summed E-state index contributed by atoms with van der Waals surface area (Å²) in [6, 6.07) is 0.540. The van der Waals surface area contributed by atoms with Crippen LogP contribution in [0.3, 0.4) is 0 Å². The fourth-order valence-electron chi connectivity index (χ4n) is 6.37. The van der Waals surface area contributed by atoms with Crippen molar-refractivity contribution >= 4 is 6.09 Å². The van der Waals surface area contributed by atoms with E-state index in [0.717, 1.165) is 77.0 Å². The van der Waals surface area contributed by atoms with Crippen molar-refractivity contribution in [3.63, 3.8) is 0 Å². The van der Waals surface area contributed by atoms with Gasteiger partial charge in [0.05, 0.1) is 7.11 Å². The zero-order valence-corrected chi connectivity index (χ0v) is 20.8. The lowest BCUT2D eigenvalue weighted by Gasteiger charge is -2.57. The SMILES string of the molecule is CCC(N)CCCC1(N(C(=O)OC)C2(CCCC(N)CC)CCCCC2)CCCCC1. The van der Waals surface area contributed by atoms with Crippen LogP contribution >= 0.6 is 0 Å². The van der Waals surface area contributed by atoms with Gasteiger partial charge >= 0.3 is 6.09 Å². The molecule has 0 heterocycles. The summed E-state index contributed by atoms with van der Waals surface area (Å²) in [5.74, 6) is 0. The van der Waals surface area contributed by atoms with Gasteiger partial charge in [-0.1, -0.05) is 52.4 Å². The van der Waals surface area contributed by atoms with E-state index >= 15 is 0 Å². The van der Waals surface area contributed by atoms with E-state index in [2.05, 4.69) is 18.7 Å². The second-order valence-corrected chi connectivity index (χ2v) is 10.5. The largest absolute Gasteiger partial charge is 0.453 e. The van der Waals surface area contributed by atoms with Crippen LogP contribution in [0.2, 0.25) is 0 Å². The van der Waals surface area contributed by atoms with Crippen LogP contribution in [-0.4, -0.2) is 41.3 Å². The minimum Gasteiger partial charge on any atom is -0.453 e. The molecule has 2 fully saturated rings. The van der Waals surface area contributed by atoms with Gasteiger partial charge in [0, 0.05) is 23.2 Å². The first-order valence-corrected chi connectivity index (χ1v) is 13.3. The summed E-state index contributed by atoms with van der Waals surface area (Å²) in [6.07, 6.45) is 20.2. The molecule has 31 heavy (non-hydrogen) atoms. The lowest BCUT2D eigenvalue weighted by Crippen LogP contribution is -2.64.